The monoisotopic (exact) mass is 474 g/mol. The van der Waals surface area contributed by atoms with Crippen LogP contribution in [0.2, 0.25) is 0 Å². The molecule has 0 bridgehead atoms. The number of nitrogen functional groups attached to an aromatic ring is 1. The van der Waals surface area contributed by atoms with Gasteiger partial charge in [0.2, 0.25) is 5.95 Å². The van der Waals surface area contributed by atoms with E-state index >= 15 is 0 Å². The van der Waals surface area contributed by atoms with Gasteiger partial charge in [-0.1, -0.05) is 34.2 Å². The SMILES string of the molecule is CCOC(=O)c1c(NCc2c(Br)ccc(OC)c2OC)nc(N)nc1C1=CC=CC1. The van der Waals surface area contributed by atoms with Crippen LogP contribution in [0.25, 0.3) is 5.57 Å². The van der Waals surface area contributed by atoms with Crippen molar-refractivity contribution in [1.29, 1.82) is 0 Å². The molecule has 0 spiro atoms. The maximum absolute atomic E-state index is 12.8. The van der Waals surface area contributed by atoms with Gasteiger partial charge in [-0.25, -0.2) is 9.78 Å². The molecule has 1 aliphatic rings. The van der Waals surface area contributed by atoms with Gasteiger partial charge in [-0.05, 0) is 31.1 Å². The fourth-order valence-electron chi connectivity index (χ4n) is 3.16. The summed E-state index contributed by atoms with van der Waals surface area (Å²) in [5.74, 6) is 1.00. The summed E-state index contributed by atoms with van der Waals surface area (Å²) < 4.78 is 17.0. The van der Waals surface area contributed by atoms with Gasteiger partial charge in [0, 0.05) is 16.6 Å². The van der Waals surface area contributed by atoms with Gasteiger partial charge in [0.1, 0.15) is 11.4 Å². The topological polar surface area (TPSA) is 109 Å². The standard InChI is InChI=1S/C21H23BrN4O4/c1-4-30-20(27)16-17(12-7-5-6-8-12)25-21(23)26-19(16)24-11-13-14(22)9-10-15(28-2)18(13)29-3/h5-7,9-10H,4,8,11H2,1-3H3,(H3,23,24,25,26). The number of carbonyl (C=O) groups excluding carboxylic acids is 1. The first-order chi connectivity index (χ1) is 14.5. The quantitative estimate of drug-likeness (QED) is 0.553. The number of nitrogens with two attached hydrogens (primary N) is 1. The maximum atomic E-state index is 12.8. The number of carbonyl (C=O) groups is 1. The Hall–Kier alpha value is -3.07. The number of rotatable bonds is 8. The van der Waals surface area contributed by atoms with Gasteiger partial charge >= 0.3 is 5.97 Å². The molecule has 0 amide bonds. The van der Waals surface area contributed by atoms with Gasteiger partial charge in [0.05, 0.1) is 26.5 Å². The van der Waals surface area contributed by atoms with E-state index in [2.05, 4.69) is 31.2 Å². The van der Waals surface area contributed by atoms with Crippen LogP contribution in [0.3, 0.4) is 0 Å². The normalized spacial score (nSPS) is 12.5. The van der Waals surface area contributed by atoms with Gasteiger partial charge in [-0.3, -0.25) is 0 Å². The minimum atomic E-state index is -0.514. The van der Waals surface area contributed by atoms with Crippen LogP contribution in [0, 0.1) is 0 Å². The first kappa shape index (κ1) is 21.6. The largest absolute Gasteiger partial charge is 0.493 e. The first-order valence-electron chi connectivity index (χ1n) is 9.34. The molecule has 9 heteroatoms. The van der Waals surface area contributed by atoms with E-state index in [-0.39, 0.29) is 18.1 Å². The van der Waals surface area contributed by atoms with Crippen molar-refractivity contribution in [2.75, 3.05) is 31.9 Å². The summed E-state index contributed by atoms with van der Waals surface area (Å²) in [5, 5.41) is 3.20. The third-order valence-electron chi connectivity index (χ3n) is 4.51. The molecule has 1 aromatic carbocycles. The highest BCUT2D eigenvalue weighted by molar-refractivity contribution is 9.10. The second kappa shape index (κ2) is 9.62. The summed E-state index contributed by atoms with van der Waals surface area (Å²) in [4.78, 5) is 21.4. The van der Waals surface area contributed by atoms with Crippen LogP contribution in [-0.2, 0) is 11.3 Å². The zero-order valence-corrected chi connectivity index (χ0v) is 18.6. The molecular weight excluding hydrogens is 452 g/mol. The fraction of sp³-hybridized carbons (Fsp3) is 0.286. The van der Waals surface area contributed by atoms with Crippen molar-refractivity contribution in [1.82, 2.24) is 9.97 Å². The van der Waals surface area contributed by atoms with Crippen LogP contribution >= 0.6 is 15.9 Å². The smallest absolute Gasteiger partial charge is 0.344 e. The fourth-order valence-corrected chi connectivity index (χ4v) is 3.61. The molecule has 0 radical (unpaired) electrons. The number of anilines is 2. The molecule has 158 valence electrons. The number of nitrogens with zero attached hydrogens (tertiary/aromatic N) is 2. The molecule has 2 aromatic rings. The summed E-state index contributed by atoms with van der Waals surface area (Å²) in [7, 11) is 3.14. The molecule has 0 fully saturated rings. The number of halogens is 1. The number of nitrogens with one attached hydrogen (secondary N) is 1. The lowest BCUT2D eigenvalue weighted by Gasteiger charge is -2.18. The van der Waals surface area contributed by atoms with Crippen LogP contribution in [0.5, 0.6) is 11.5 Å². The van der Waals surface area contributed by atoms with Gasteiger partial charge in [0.25, 0.3) is 0 Å². The van der Waals surface area contributed by atoms with E-state index in [0.717, 1.165) is 15.6 Å². The highest BCUT2D eigenvalue weighted by atomic mass is 79.9. The average molecular weight is 475 g/mol. The molecule has 0 saturated heterocycles. The number of benzene rings is 1. The second-order valence-corrected chi connectivity index (χ2v) is 7.17. The van der Waals surface area contributed by atoms with E-state index in [9.17, 15) is 4.79 Å². The summed E-state index contributed by atoms with van der Waals surface area (Å²) >= 11 is 3.54. The number of esters is 1. The molecule has 0 unspecified atom stereocenters. The Bertz CT molecular complexity index is 1020. The highest BCUT2D eigenvalue weighted by Crippen LogP contribution is 2.37. The van der Waals surface area contributed by atoms with E-state index in [0.29, 0.717) is 36.0 Å². The minimum absolute atomic E-state index is 0.0602. The summed E-state index contributed by atoms with van der Waals surface area (Å²) in [6.45, 7) is 2.27. The Morgan fingerprint density at radius 3 is 2.70 bits per heavy atom. The maximum Gasteiger partial charge on any atom is 0.344 e. The predicted molar refractivity (Wildman–Crippen MR) is 119 cm³/mol. The molecule has 1 aromatic heterocycles. The molecular formula is C21H23BrN4O4. The van der Waals surface area contributed by atoms with Crippen molar-refractivity contribution in [2.24, 2.45) is 0 Å². The van der Waals surface area contributed by atoms with Crippen molar-refractivity contribution in [2.45, 2.75) is 19.9 Å². The number of aromatic nitrogens is 2. The third kappa shape index (κ3) is 4.40. The van der Waals surface area contributed by atoms with Crippen molar-refractivity contribution >= 4 is 39.2 Å². The summed E-state index contributed by atoms with van der Waals surface area (Å²) in [6.07, 6.45) is 6.44. The van der Waals surface area contributed by atoms with Crippen molar-refractivity contribution in [3.8, 4) is 11.5 Å². The Labute approximate surface area is 183 Å². The predicted octanol–water partition coefficient (Wildman–Crippen LogP) is 3.97. The van der Waals surface area contributed by atoms with Crippen molar-refractivity contribution < 1.29 is 19.0 Å². The number of allylic oxidation sites excluding steroid dienone is 4. The van der Waals surface area contributed by atoms with Gasteiger partial charge in [0.15, 0.2) is 11.5 Å². The molecule has 1 aliphatic carbocycles. The number of ether oxygens (including phenoxy) is 3. The van der Waals surface area contributed by atoms with Crippen molar-refractivity contribution in [3.63, 3.8) is 0 Å². The highest BCUT2D eigenvalue weighted by Gasteiger charge is 2.25. The van der Waals surface area contributed by atoms with Crippen LogP contribution in [-0.4, -0.2) is 36.8 Å². The Morgan fingerprint density at radius 1 is 1.27 bits per heavy atom. The van der Waals surface area contributed by atoms with Gasteiger partial charge in [-0.2, -0.15) is 4.98 Å². The summed E-state index contributed by atoms with van der Waals surface area (Å²) in [5.41, 5.74) is 8.34. The number of methoxy groups -OCH3 is 2. The second-order valence-electron chi connectivity index (χ2n) is 6.31. The van der Waals surface area contributed by atoms with E-state index in [1.165, 1.54) is 0 Å². The molecule has 30 heavy (non-hydrogen) atoms. The zero-order valence-electron chi connectivity index (χ0n) is 17.0. The van der Waals surface area contributed by atoms with Crippen LogP contribution in [0.1, 0.15) is 35.0 Å². The van der Waals surface area contributed by atoms with Crippen LogP contribution in [0.4, 0.5) is 11.8 Å². The number of hydrogen-bond donors (Lipinski definition) is 2. The minimum Gasteiger partial charge on any atom is -0.493 e. The molecule has 8 nitrogen and oxygen atoms in total. The lowest BCUT2D eigenvalue weighted by molar-refractivity contribution is 0.0526. The van der Waals surface area contributed by atoms with Crippen LogP contribution in [0.15, 0.2) is 34.8 Å². The lowest BCUT2D eigenvalue weighted by Crippen LogP contribution is -2.17. The Morgan fingerprint density at radius 2 is 2.07 bits per heavy atom. The molecule has 0 atom stereocenters. The van der Waals surface area contributed by atoms with Crippen LogP contribution < -0.4 is 20.5 Å². The molecule has 3 rings (SSSR count). The first-order valence-corrected chi connectivity index (χ1v) is 10.1. The number of hydrogen-bond acceptors (Lipinski definition) is 8. The molecule has 3 N–H and O–H groups in total. The molecule has 0 aliphatic heterocycles. The average Bonchev–Trinajstić information content (AvgIpc) is 3.27. The zero-order chi connectivity index (χ0) is 21.7. The summed E-state index contributed by atoms with van der Waals surface area (Å²) in [6, 6.07) is 3.66. The van der Waals surface area contributed by atoms with E-state index in [1.54, 1.807) is 27.2 Å². The molecule has 1 heterocycles. The van der Waals surface area contributed by atoms with E-state index < -0.39 is 5.97 Å². The lowest BCUT2D eigenvalue weighted by atomic mass is 10.1. The Kier molecular flexibility index (Phi) is 6.94. The third-order valence-corrected chi connectivity index (χ3v) is 5.25. The molecule has 0 saturated carbocycles. The van der Waals surface area contributed by atoms with E-state index in [1.807, 2.05) is 24.3 Å². The Balaban J connectivity index is 2.03. The van der Waals surface area contributed by atoms with Crippen molar-refractivity contribution in [3.05, 3.63) is 51.7 Å². The van der Waals surface area contributed by atoms with E-state index in [4.69, 9.17) is 19.9 Å². The van der Waals surface area contributed by atoms with Gasteiger partial charge in [-0.15, -0.1) is 0 Å². The van der Waals surface area contributed by atoms with Gasteiger partial charge < -0.3 is 25.3 Å².